The predicted molar refractivity (Wildman–Crippen MR) is 105 cm³/mol. The quantitative estimate of drug-likeness (QED) is 0.585. The first kappa shape index (κ1) is 19.3. The molecule has 0 radical (unpaired) electrons. The summed E-state index contributed by atoms with van der Waals surface area (Å²) in [5, 5.41) is 3.99. The average Bonchev–Trinajstić information content (AvgIpc) is 3.37. The Morgan fingerprint density at radius 2 is 1.83 bits per heavy atom. The van der Waals surface area contributed by atoms with Crippen molar-refractivity contribution >= 4 is 23.6 Å². The van der Waals surface area contributed by atoms with E-state index in [1.54, 1.807) is 42.7 Å². The van der Waals surface area contributed by atoms with Crippen LogP contribution >= 0.6 is 11.6 Å². The fourth-order valence-electron chi connectivity index (χ4n) is 2.96. The number of aliphatic imine (C=N–C) groups is 1. The van der Waals surface area contributed by atoms with E-state index in [9.17, 15) is 13.2 Å². The van der Waals surface area contributed by atoms with Crippen LogP contribution in [0.15, 0.2) is 59.6 Å². The van der Waals surface area contributed by atoms with Gasteiger partial charge >= 0.3 is 6.18 Å². The first-order valence-corrected chi connectivity index (χ1v) is 9.20. The lowest BCUT2D eigenvalue weighted by molar-refractivity contribution is -0.141. The maximum absolute atomic E-state index is 13.2. The van der Waals surface area contributed by atoms with E-state index >= 15 is 0 Å². The predicted octanol–water partition coefficient (Wildman–Crippen LogP) is 4.97. The third-order valence-electron chi connectivity index (χ3n) is 4.40. The van der Waals surface area contributed by atoms with E-state index in [4.69, 9.17) is 16.3 Å². The first-order valence-electron chi connectivity index (χ1n) is 8.82. The Balaban J connectivity index is 1.57. The van der Waals surface area contributed by atoms with Crippen molar-refractivity contribution in [1.82, 2.24) is 9.78 Å². The Morgan fingerprint density at radius 1 is 1.07 bits per heavy atom. The lowest BCUT2D eigenvalue weighted by Gasteiger charge is -2.15. The molecule has 2 aromatic carbocycles. The number of aromatic nitrogens is 2. The topological polar surface area (TPSA) is 42.6 Å². The van der Waals surface area contributed by atoms with Crippen LogP contribution in [0.5, 0.6) is 5.75 Å². The maximum atomic E-state index is 13.2. The summed E-state index contributed by atoms with van der Waals surface area (Å²) in [6, 6.07) is 14.8. The number of alkyl halides is 3. The number of para-hydroxylation sites is 1. The molecule has 1 aliphatic rings. The Bertz CT molecular complexity index is 1030. The monoisotopic (exact) mass is 420 g/mol. The van der Waals surface area contributed by atoms with E-state index in [-0.39, 0.29) is 12.3 Å². The van der Waals surface area contributed by atoms with Crippen molar-refractivity contribution in [3.63, 3.8) is 0 Å². The van der Waals surface area contributed by atoms with Crippen LogP contribution in [0.25, 0.3) is 5.69 Å². The SMILES string of the molecule is FC(F)(F)c1cc(COc2ccc(N3C=NCC3)cc2)n(-c2ccccc2Cl)n1. The maximum Gasteiger partial charge on any atom is 0.435 e. The highest BCUT2D eigenvalue weighted by molar-refractivity contribution is 6.32. The molecule has 3 aromatic rings. The highest BCUT2D eigenvalue weighted by atomic mass is 35.5. The van der Waals surface area contributed by atoms with Crippen molar-refractivity contribution < 1.29 is 17.9 Å². The molecule has 0 spiro atoms. The molecule has 0 saturated carbocycles. The van der Waals surface area contributed by atoms with Gasteiger partial charge in [0, 0.05) is 12.2 Å². The number of halogens is 4. The average molecular weight is 421 g/mol. The van der Waals surface area contributed by atoms with Crippen molar-refractivity contribution in [2.45, 2.75) is 12.8 Å². The van der Waals surface area contributed by atoms with Gasteiger partial charge in [-0.3, -0.25) is 4.99 Å². The largest absolute Gasteiger partial charge is 0.487 e. The Morgan fingerprint density at radius 3 is 2.48 bits per heavy atom. The minimum absolute atomic E-state index is 0.0984. The van der Waals surface area contributed by atoms with Gasteiger partial charge in [0.25, 0.3) is 0 Å². The number of hydrogen-bond acceptors (Lipinski definition) is 4. The highest BCUT2D eigenvalue weighted by Crippen LogP contribution is 2.31. The van der Waals surface area contributed by atoms with Crippen molar-refractivity contribution in [2.24, 2.45) is 4.99 Å². The molecule has 29 heavy (non-hydrogen) atoms. The van der Waals surface area contributed by atoms with Crippen LogP contribution in [0.1, 0.15) is 11.4 Å². The van der Waals surface area contributed by atoms with Crippen LogP contribution < -0.4 is 9.64 Å². The molecule has 0 bridgehead atoms. The lowest BCUT2D eigenvalue weighted by Crippen LogP contribution is -2.17. The van der Waals surface area contributed by atoms with Crippen LogP contribution in [-0.4, -0.2) is 29.2 Å². The summed E-state index contributed by atoms with van der Waals surface area (Å²) in [4.78, 5) is 6.17. The van der Waals surface area contributed by atoms with E-state index in [1.165, 1.54) is 4.68 Å². The van der Waals surface area contributed by atoms with Gasteiger partial charge in [-0.2, -0.15) is 18.3 Å². The number of hydrogen-bond donors (Lipinski definition) is 0. The molecule has 0 atom stereocenters. The van der Waals surface area contributed by atoms with Gasteiger partial charge in [-0.25, -0.2) is 4.68 Å². The van der Waals surface area contributed by atoms with Crippen molar-refractivity contribution in [3.8, 4) is 11.4 Å². The van der Waals surface area contributed by atoms with E-state index < -0.39 is 11.9 Å². The fourth-order valence-corrected chi connectivity index (χ4v) is 3.18. The number of benzene rings is 2. The third-order valence-corrected chi connectivity index (χ3v) is 4.72. The lowest BCUT2D eigenvalue weighted by atomic mass is 10.3. The number of ether oxygens (including phenoxy) is 1. The van der Waals surface area contributed by atoms with Crippen LogP contribution in [0.4, 0.5) is 18.9 Å². The number of anilines is 1. The Labute approximate surface area is 170 Å². The minimum Gasteiger partial charge on any atom is -0.487 e. The molecule has 4 rings (SSSR count). The number of nitrogens with zero attached hydrogens (tertiary/aromatic N) is 4. The molecule has 0 unspecified atom stereocenters. The summed E-state index contributed by atoms with van der Waals surface area (Å²) in [6.07, 6.45) is -2.79. The smallest absolute Gasteiger partial charge is 0.435 e. The van der Waals surface area contributed by atoms with Crippen molar-refractivity contribution in [2.75, 3.05) is 18.0 Å². The minimum atomic E-state index is -4.57. The molecule has 2 heterocycles. The van der Waals surface area contributed by atoms with Gasteiger partial charge < -0.3 is 9.64 Å². The molecular weight excluding hydrogens is 405 g/mol. The fraction of sp³-hybridized carbons (Fsp3) is 0.200. The van der Waals surface area contributed by atoms with E-state index in [1.807, 2.05) is 17.0 Å². The van der Waals surface area contributed by atoms with Gasteiger partial charge in [0.1, 0.15) is 12.4 Å². The van der Waals surface area contributed by atoms with Crippen LogP contribution in [0.3, 0.4) is 0 Å². The van der Waals surface area contributed by atoms with Gasteiger partial charge in [0.15, 0.2) is 5.69 Å². The normalized spacial score (nSPS) is 13.9. The molecule has 9 heteroatoms. The highest BCUT2D eigenvalue weighted by Gasteiger charge is 2.35. The van der Waals surface area contributed by atoms with Crippen molar-refractivity contribution in [3.05, 3.63) is 71.0 Å². The molecule has 0 aliphatic carbocycles. The molecule has 0 amide bonds. The van der Waals surface area contributed by atoms with Crippen LogP contribution in [-0.2, 0) is 12.8 Å². The summed E-state index contributed by atoms with van der Waals surface area (Å²) in [6.45, 7) is 1.47. The van der Waals surface area contributed by atoms with Crippen LogP contribution in [0.2, 0.25) is 5.02 Å². The first-order chi connectivity index (χ1) is 13.9. The van der Waals surface area contributed by atoms with Gasteiger partial charge in [-0.1, -0.05) is 23.7 Å². The van der Waals surface area contributed by atoms with Gasteiger partial charge in [-0.05, 0) is 42.5 Å². The van der Waals surface area contributed by atoms with Gasteiger partial charge in [0.2, 0.25) is 0 Å². The molecule has 0 saturated heterocycles. The molecular formula is C20H16ClF3N4O. The second kappa shape index (κ2) is 7.79. The second-order valence-electron chi connectivity index (χ2n) is 6.38. The summed E-state index contributed by atoms with van der Waals surface area (Å²) < 4.78 is 46.4. The summed E-state index contributed by atoms with van der Waals surface area (Å²) in [5.41, 5.74) is 0.562. The standard InChI is InChI=1S/C20H16ClF3N4O/c21-17-3-1-2-4-18(17)28-15(11-19(26-28)20(22,23)24)12-29-16-7-5-14(6-8-16)27-10-9-25-13-27/h1-8,11,13H,9-10,12H2. The second-order valence-corrected chi connectivity index (χ2v) is 6.79. The molecule has 1 aliphatic heterocycles. The van der Waals surface area contributed by atoms with Gasteiger partial charge in [-0.15, -0.1) is 0 Å². The molecule has 1 aromatic heterocycles. The summed E-state index contributed by atoms with van der Waals surface area (Å²) in [7, 11) is 0. The Kier molecular flexibility index (Phi) is 5.19. The van der Waals surface area contributed by atoms with E-state index in [2.05, 4.69) is 10.1 Å². The van der Waals surface area contributed by atoms with Crippen molar-refractivity contribution in [1.29, 1.82) is 0 Å². The Hall–Kier alpha value is -3.00. The zero-order valence-electron chi connectivity index (χ0n) is 15.1. The zero-order chi connectivity index (χ0) is 20.4. The van der Waals surface area contributed by atoms with Crippen LogP contribution in [0, 0.1) is 0 Å². The zero-order valence-corrected chi connectivity index (χ0v) is 15.9. The third kappa shape index (κ3) is 4.22. The molecule has 5 nitrogen and oxygen atoms in total. The summed E-state index contributed by atoms with van der Waals surface area (Å²) >= 11 is 6.15. The molecule has 0 N–H and O–H groups in total. The molecule has 0 fully saturated rings. The van der Waals surface area contributed by atoms with Gasteiger partial charge in [0.05, 0.1) is 29.3 Å². The molecule has 150 valence electrons. The van der Waals surface area contributed by atoms with E-state index in [0.717, 1.165) is 24.8 Å². The van der Waals surface area contributed by atoms with E-state index in [0.29, 0.717) is 16.5 Å². The number of rotatable bonds is 5. The summed E-state index contributed by atoms with van der Waals surface area (Å²) in [5.74, 6) is 0.533.